The number of aliphatic hydroxyl groups excluding tert-OH is 1. The van der Waals surface area contributed by atoms with E-state index in [1.54, 1.807) is 6.92 Å². The van der Waals surface area contributed by atoms with Crippen molar-refractivity contribution in [2.45, 2.75) is 39.4 Å². The Balaban J connectivity index is 2.18. The summed E-state index contributed by atoms with van der Waals surface area (Å²) in [5.74, 6) is 1.76. The molecule has 0 aromatic carbocycles. The molecule has 0 aliphatic heterocycles. The van der Waals surface area contributed by atoms with Gasteiger partial charge in [-0.2, -0.15) is 0 Å². The Bertz CT molecular complexity index is 293. The van der Waals surface area contributed by atoms with Crippen molar-refractivity contribution < 1.29 is 19.0 Å². The van der Waals surface area contributed by atoms with Gasteiger partial charge in [0, 0.05) is 19.6 Å². The van der Waals surface area contributed by atoms with E-state index in [4.69, 9.17) is 19.0 Å². The van der Waals surface area contributed by atoms with Crippen molar-refractivity contribution in [2.75, 3.05) is 19.8 Å². The van der Waals surface area contributed by atoms with Gasteiger partial charge in [-0.05, 0) is 32.4 Å². The molecule has 1 atom stereocenters. The molecule has 1 aromatic rings. The van der Waals surface area contributed by atoms with Crippen LogP contribution in [0.5, 0.6) is 0 Å². The first-order valence-electron chi connectivity index (χ1n) is 6.13. The number of aliphatic hydroxyl groups is 1. The van der Waals surface area contributed by atoms with Gasteiger partial charge in [-0.25, -0.2) is 0 Å². The van der Waals surface area contributed by atoms with Crippen LogP contribution < -0.4 is 0 Å². The van der Waals surface area contributed by atoms with Gasteiger partial charge in [-0.3, -0.25) is 0 Å². The number of hydrogen-bond acceptors (Lipinski definition) is 4. The number of rotatable bonds is 9. The second-order valence-corrected chi connectivity index (χ2v) is 4.03. The van der Waals surface area contributed by atoms with Crippen molar-refractivity contribution in [3.63, 3.8) is 0 Å². The van der Waals surface area contributed by atoms with E-state index in [0.717, 1.165) is 37.6 Å². The third-order valence-electron chi connectivity index (χ3n) is 2.24. The molecule has 0 aliphatic rings. The molecule has 98 valence electrons. The molecule has 0 spiro atoms. The van der Waals surface area contributed by atoms with Gasteiger partial charge in [0.1, 0.15) is 18.1 Å². The minimum Gasteiger partial charge on any atom is -0.464 e. The summed E-state index contributed by atoms with van der Waals surface area (Å²) in [6.45, 7) is 5.96. The number of ether oxygens (including phenoxy) is 2. The first kappa shape index (κ1) is 14.2. The Hall–Kier alpha value is -0.840. The molecule has 0 saturated carbocycles. The highest BCUT2D eigenvalue weighted by atomic mass is 16.5. The van der Waals surface area contributed by atoms with Gasteiger partial charge in [0.25, 0.3) is 0 Å². The maximum atomic E-state index is 9.03. The maximum absolute atomic E-state index is 9.03. The first-order valence-corrected chi connectivity index (χ1v) is 6.13. The minimum absolute atomic E-state index is 0.334. The van der Waals surface area contributed by atoms with Crippen molar-refractivity contribution in [1.29, 1.82) is 0 Å². The summed E-state index contributed by atoms with van der Waals surface area (Å²) in [6.07, 6.45) is 1.42. The monoisotopic (exact) mass is 242 g/mol. The largest absolute Gasteiger partial charge is 0.464 e. The quantitative estimate of drug-likeness (QED) is 0.674. The van der Waals surface area contributed by atoms with Gasteiger partial charge in [-0.15, -0.1) is 0 Å². The second kappa shape index (κ2) is 8.28. The summed E-state index contributed by atoms with van der Waals surface area (Å²) in [5.41, 5.74) is 0. The van der Waals surface area contributed by atoms with E-state index in [1.165, 1.54) is 0 Å². The van der Waals surface area contributed by atoms with E-state index in [0.29, 0.717) is 13.2 Å². The highest BCUT2D eigenvalue weighted by Crippen LogP contribution is 2.11. The van der Waals surface area contributed by atoms with Crippen LogP contribution >= 0.6 is 0 Å². The lowest BCUT2D eigenvalue weighted by atomic mass is 10.2. The third kappa shape index (κ3) is 6.46. The van der Waals surface area contributed by atoms with E-state index in [-0.39, 0.29) is 0 Å². The summed E-state index contributed by atoms with van der Waals surface area (Å²) in [4.78, 5) is 0. The smallest absolute Gasteiger partial charge is 0.129 e. The highest BCUT2D eigenvalue weighted by molar-refractivity contribution is 5.06. The van der Waals surface area contributed by atoms with Crippen LogP contribution in [0.1, 0.15) is 31.8 Å². The fraction of sp³-hybridized carbons (Fsp3) is 0.692. The zero-order valence-electron chi connectivity index (χ0n) is 10.6. The van der Waals surface area contributed by atoms with E-state index in [2.05, 4.69) is 0 Å². The number of hydrogen-bond donors (Lipinski definition) is 1. The van der Waals surface area contributed by atoms with Crippen molar-refractivity contribution in [2.24, 2.45) is 0 Å². The van der Waals surface area contributed by atoms with Crippen LogP contribution in [0.4, 0.5) is 0 Å². The molecule has 1 unspecified atom stereocenters. The predicted molar refractivity (Wildman–Crippen MR) is 64.9 cm³/mol. The van der Waals surface area contributed by atoms with Gasteiger partial charge in [0.05, 0.1) is 12.7 Å². The molecule has 0 amide bonds. The van der Waals surface area contributed by atoms with Crippen LogP contribution in [0.3, 0.4) is 0 Å². The molecule has 4 nitrogen and oxygen atoms in total. The SMILES string of the molecule is CCOCCCc1ccc(COCC(C)O)o1. The summed E-state index contributed by atoms with van der Waals surface area (Å²) >= 11 is 0. The minimum atomic E-state index is -0.435. The van der Waals surface area contributed by atoms with E-state index < -0.39 is 6.10 Å². The van der Waals surface area contributed by atoms with Crippen LogP contribution in [0.15, 0.2) is 16.5 Å². The molecule has 1 rings (SSSR count). The van der Waals surface area contributed by atoms with Gasteiger partial charge in [0.2, 0.25) is 0 Å². The fourth-order valence-corrected chi connectivity index (χ4v) is 1.46. The van der Waals surface area contributed by atoms with Crippen molar-refractivity contribution in [1.82, 2.24) is 0 Å². The standard InChI is InChI=1S/C13H22O4/c1-3-15-8-4-5-12-6-7-13(17-12)10-16-9-11(2)14/h6-7,11,14H,3-5,8-10H2,1-2H3. The topological polar surface area (TPSA) is 51.8 Å². The zero-order valence-corrected chi connectivity index (χ0v) is 10.6. The van der Waals surface area contributed by atoms with Crippen LogP contribution in [0.25, 0.3) is 0 Å². The van der Waals surface area contributed by atoms with E-state index in [1.807, 2.05) is 19.1 Å². The lowest BCUT2D eigenvalue weighted by Gasteiger charge is -2.04. The zero-order chi connectivity index (χ0) is 12.5. The van der Waals surface area contributed by atoms with Crippen molar-refractivity contribution in [3.8, 4) is 0 Å². The van der Waals surface area contributed by atoms with Crippen molar-refractivity contribution in [3.05, 3.63) is 23.7 Å². The number of furan rings is 1. The molecule has 0 radical (unpaired) electrons. The molecule has 0 saturated heterocycles. The van der Waals surface area contributed by atoms with Crippen LogP contribution in [-0.4, -0.2) is 31.0 Å². The first-order chi connectivity index (χ1) is 8.22. The summed E-state index contributed by atoms with van der Waals surface area (Å²) in [6, 6.07) is 3.88. The molecule has 1 heterocycles. The Morgan fingerprint density at radius 1 is 1.29 bits per heavy atom. The Kier molecular flexibility index (Phi) is 6.93. The number of aryl methyl sites for hydroxylation is 1. The summed E-state index contributed by atoms with van der Waals surface area (Å²) in [7, 11) is 0. The van der Waals surface area contributed by atoms with Gasteiger partial charge in [0.15, 0.2) is 0 Å². The molecule has 0 fully saturated rings. The molecule has 1 N–H and O–H groups in total. The summed E-state index contributed by atoms with van der Waals surface area (Å²) < 4.78 is 16.1. The van der Waals surface area contributed by atoms with Crippen molar-refractivity contribution >= 4 is 0 Å². The van der Waals surface area contributed by atoms with Gasteiger partial charge < -0.3 is 19.0 Å². The molecule has 17 heavy (non-hydrogen) atoms. The average molecular weight is 242 g/mol. The highest BCUT2D eigenvalue weighted by Gasteiger charge is 2.03. The Morgan fingerprint density at radius 2 is 2.06 bits per heavy atom. The van der Waals surface area contributed by atoms with E-state index in [9.17, 15) is 0 Å². The molecular formula is C13H22O4. The van der Waals surface area contributed by atoms with Crippen LogP contribution in [-0.2, 0) is 22.5 Å². The molecule has 4 heteroatoms. The lowest BCUT2D eigenvalue weighted by molar-refractivity contribution is 0.0304. The summed E-state index contributed by atoms with van der Waals surface area (Å²) in [5, 5.41) is 9.03. The molecule has 0 aliphatic carbocycles. The van der Waals surface area contributed by atoms with Gasteiger partial charge in [-0.1, -0.05) is 0 Å². The lowest BCUT2D eigenvalue weighted by Crippen LogP contribution is -2.09. The van der Waals surface area contributed by atoms with E-state index >= 15 is 0 Å². The molecule has 0 bridgehead atoms. The van der Waals surface area contributed by atoms with Crippen LogP contribution in [0, 0.1) is 0 Å². The second-order valence-electron chi connectivity index (χ2n) is 4.03. The normalized spacial score (nSPS) is 12.9. The van der Waals surface area contributed by atoms with Gasteiger partial charge >= 0.3 is 0 Å². The maximum Gasteiger partial charge on any atom is 0.129 e. The fourth-order valence-electron chi connectivity index (χ4n) is 1.46. The molecular weight excluding hydrogens is 220 g/mol. The average Bonchev–Trinajstić information content (AvgIpc) is 2.72. The third-order valence-corrected chi connectivity index (χ3v) is 2.24. The Labute approximate surface area is 103 Å². The Morgan fingerprint density at radius 3 is 2.76 bits per heavy atom. The van der Waals surface area contributed by atoms with Crippen LogP contribution in [0.2, 0.25) is 0 Å². The predicted octanol–water partition coefficient (Wildman–Crippen LogP) is 2.15. The molecule has 1 aromatic heterocycles.